The maximum Gasteiger partial charge on any atom is 0.194 e. The fraction of sp³-hybridized carbons (Fsp3) is 0.304. The lowest BCUT2D eigenvalue weighted by atomic mass is 10.2. The summed E-state index contributed by atoms with van der Waals surface area (Å²) in [7, 11) is 1.75. The molecule has 2 heterocycles. The van der Waals surface area contributed by atoms with E-state index in [0.29, 0.717) is 38.4 Å². The van der Waals surface area contributed by atoms with Gasteiger partial charge < -0.3 is 19.7 Å². The number of nitrogens with zero attached hydrogens (tertiary/aromatic N) is 5. The largest absolute Gasteiger partial charge is 0.366 e. The number of anilines is 1. The minimum atomic E-state index is -0.428. The molecule has 0 saturated carbocycles. The summed E-state index contributed by atoms with van der Waals surface area (Å²) in [5.41, 5.74) is 1.53. The average Bonchev–Trinajstić information content (AvgIpc) is 3.24. The zero-order valence-corrected chi connectivity index (χ0v) is 20.2. The summed E-state index contributed by atoms with van der Waals surface area (Å²) in [5.74, 6) is 0.865. The number of imidazole rings is 1. The molecule has 32 heavy (non-hydrogen) atoms. The highest BCUT2D eigenvalue weighted by molar-refractivity contribution is 14.0. The Hall–Kier alpha value is -2.69. The summed E-state index contributed by atoms with van der Waals surface area (Å²) >= 11 is 0. The van der Waals surface area contributed by atoms with Crippen LogP contribution in [0.5, 0.6) is 0 Å². The molecule has 3 aromatic rings. The van der Waals surface area contributed by atoms with E-state index in [1.807, 2.05) is 29.3 Å². The molecule has 1 aromatic heterocycles. The second-order valence-corrected chi connectivity index (χ2v) is 7.43. The van der Waals surface area contributed by atoms with E-state index in [-0.39, 0.29) is 24.0 Å². The number of guanidine groups is 1. The molecule has 4 rings (SSSR count). The Morgan fingerprint density at radius 2 is 1.81 bits per heavy atom. The number of piperazine rings is 1. The molecule has 0 radical (unpaired) electrons. The van der Waals surface area contributed by atoms with Crippen molar-refractivity contribution in [1.82, 2.24) is 19.8 Å². The van der Waals surface area contributed by atoms with E-state index in [0.717, 1.165) is 24.4 Å². The van der Waals surface area contributed by atoms with Gasteiger partial charge in [-0.3, -0.25) is 4.99 Å². The normalized spacial score (nSPS) is 14.3. The van der Waals surface area contributed by atoms with E-state index in [4.69, 9.17) is 0 Å². The number of aromatic nitrogens is 2. The highest BCUT2D eigenvalue weighted by Crippen LogP contribution is 2.22. The van der Waals surface area contributed by atoms with Gasteiger partial charge in [0.15, 0.2) is 5.96 Å². The molecular formula is C23H27F2IN6. The minimum Gasteiger partial charge on any atom is -0.366 e. The quantitative estimate of drug-likeness (QED) is 0.298. The zero-order valence-electron chi connectivity index (χ0n) is 17.9. The first-order valence-corrected chi connectivity index (χ1v) is 10.3. The van der Waals surface area contributed by atoms with E-state index >= 15 is 0 Å². The van der Waals surface area contributed by atoms with Crippen molar-refractivity contribution in [3.05, 3.63) is 83.9 Å². The molecule has 0 unspecified atom stereocenters. The third-order valence-electron chi connectivity index (χ3n) is 5.44. The smallest absolute Gasteiger partial charge is 0.194 e. The number of rotatable bonds is 5. The number of nitrogens with one attached hydrogen (secondary N) is 1. The predicted octanol–water partition coefficient (Wildman–Crippen LogP) is 3.73. The third kappa shape index (κ3) is 5.76. The molecule has 1 fully saturated rings. The van der Waals surface area contributed by atoms with Crippen molar-refractivity contribution in [2.24, 2.45) is 4.99 Å². The molecule has 0 aliphatic carbocycles. The van der Waals surface area contributed by atoms with Crippen LogP contribution < -0.4 is 10.2 Å². The van der Waals surface area contributed by atoms with Crippen molar-refractivity contribution < 1.29 is 8.78 Å². The summed E-state index contributed by atoms with van der Waals surface area (Å²) in [4.78, 5) is 12.9. The van der Waals surface area contributed by atoms with Gasteiger partial charge in [0, 0.05) is 58.2 Å². The highest BCUT2D eigenvalue weighted by atomic mass is 127. The summed E-state index contributed by atoms with van der Waals surface area (Å²) in [6.45, 7) is 3.80. The first-order chi connectivity index (χ1) is 15.1. The number of benzene rings is 2. The summed E-state index contributed by atoms with van der Waals surface area (Å²) in [5, 5.41) is 3.38. The van der Waals surface area contributed by atoms with Crippen molar-refractivity contribution in [3.63, 3.8) is 0 Å². The lowest BCUT2D eigenvalue weighted by molar-refractivity contribution is 0.369. The molecule has 9 heteroatoms. The van der Waals surface area contributed by atoms with Crippen LogP contribution in [-0.4, -0.2) is 53.6 Å². The Bertz CT molecular complexity index is 1030. The molecular weight excluding hydrogens is 525 g/mol. The van der Waals surface area contributed by atoms with Crippen LogP contribution in [0.15, 0.2) is 65.9 Å². The summed E-state index contributed by atoms with van der Waals surface area (Å²) < 4.78 is 29.7. The average molecular weight is 552 g/mol. The van der Waals surface area contributed by atoms with Crippen LogP contribution >= 0.6 is 24.0 Å². The lowest BCUT2D eigenvalue weighted by Crippen LogP contribution is -2.52. The predicted molar refractivity (Wildman–Crippen MR) is 134 cm³/mol. The van der Waals surface area contributed by atoms with Crippen LogP contribution in [0.2, 0.25) is 0 Å². The van der Waals surface area contributed by atoms with Crippen LogP contribution in [-0.2, 0) is 13.1 Å². The van der Waals surface area contributed by atoms with Gasteiger partial charge in [0.2, 0.25) is 0 Å². The first kappa shape index (κ1) is 24.0. The van der Waals surface area contributed by atoms with Gasteiger partial charge in [-0.15, -0.1) is 24.0 Å². The Balaban J connectivity index is 0.00000289. The van der Waals surface area contributed by atoms with E-state index in [1.165, 1.54) is 17.7 Å². The molecule has 0 atom stereocenters. The second kappa shape index (κ2) is 11.3. The molecule has 170 valence electrons. The maximum absolute atomic E-state index is 14.1. The van der Waals surface area contributed by atoms with Crippen LogP contribution in [0, 0.1) is 11.6 Å². The van der Waals surface area contributed by atoms with E-state index in [2.05, 4.69) is 36.9 Å². The molecule has 1 aliphatic rings. The van der Waals surface area contributed by atoms with Crippen LogP contribution in [0.1, 0.15) is 11.4 Å². The van der Waals surface area contributed by atoms with Gasteiger partial charge in [0.1, 0.15) is 17.5 Å². The number of hydrogen-bond donors (Lipinski definition) is 1. The van der Waals surface area contributed by atoms with E-state index < -0.39 is 11.6 Å². The Kier molecular flexibility index (Phi) is 8.43. The fourth-order valence-electron chi connectivity index (χ4n) is 3.81. The van der Waals surface area contributed by atoms with Gasteiger partial charge in [-0.25, -0.2) is 13.8 Å². The minimum absolute atomic E-state index is 0. The van der Waals surface area contributed by atoms with Crippen molar-refractivity contribution in [2.45, 2.75) is 13.1 Å². The zero-order chi connectivity index (χ0) is 21.6. The molecule has 1 saturated heterocycles. The number of hydrogen-bond acceptors (Lipinski definition) is 3. The van der Waals surface area contributed by atoms with Crippen molar-refractivity contribution in [3.8, 4) is 0 Å². The highest BCUT2D eigenvalue weighted by Gasteiger charge is 2.22. The number of halogens is 3. The number of aliphatic imine (C=N–C) groups is 1. The van der Waals surface area contributed by atoms with Gasteiger partial charge >= 0.3 is 0 Å². The summed E-state index contributed by atoms with van der Waals surface area (Å²) in [6.07, 6.45) is 3.77. The van der Waals surface area contributed by atoms with Crippen molar-refractivity contribution >= 4 is 35.6 Å². The van der Waals surface area contributed by atoms with Gasteiger partial charge in [0.25, 0.3) is 0 Å². The second-order valence-electron chi connectivity index (χ2n) is 7.43. The van der Waals surface area contributed by atoms with Crippen LogP contribution in [0.4, 0.5) is 14.5 Å². The third-order valence-corrected chi connectivity index (χ3v) is 5.44. The standard InChI is InChI=1S/C23H26F2N6.HI/c1-26-23(28-16-22-27-9-10-31(22)17-18-5-3-2-4-6-18)30-13-11-29(12-14-30)21-15-19(24)7-8-20(21)25;/h2-10,15H,11-14,16-17H2,1H3,(H,26,28);1H. The Labute approximate surface area is 204 Å². The van der Waals surface area contributed by atoms with Gasteiger partial charge in [-0.05, 0) is 17.7 Å². The van der Waals surface area contributed by atoms with Gasteiger partial charge in [-0.1, -0.05) is 30.3 Å². The topological polar surface area (TPSA) is 48.7 Å². The molecule has 1 N–H and O–H groups in total. The van der Waals surface area contributed by atoms with Gasteiger partial charge in [0.05, 0.1) is 12.2 Å². The first-order valence-electron chi connectivity index (χ1n) is 10.3. The van der Waals surface area contributed by atoms with Crippen LogP contribution in [0.3, 0.4) is 0 Å². The van der Waals surface area contributed by atoms with Gasteiger partial charge in [-0.2, -0.15) is 0 Å². The monoisotopic (exact) mass is 552 g/mol. The molecule has 0 spiro atoms. The Morgan fingerprint density at radius 3 is 2.53 bits per heavy atom. The molecule has 0 bridgehead atoms. The van der Waals surface area contributed by atoms with Crippen LogP contribution in [0.25, 0.3) is 0 Å². The lowest BCUT2D eigenvalue weighted by Gasteiger charge is -2.37. The van der Waals surface area contributed by atoms with E-state index in [1.54, 1.807) is 13.2 Å². The molecule has 6 nitrogen and oxygen atoms in total. The maximum atomic E-state index is 14.1. The van der Waals surface area contributed by atoms with Crippen molar-refractivity contribution in [2.75, 3.05) is 38.1 Å². The SMILES string of the molecule is CN=C(NCc1nccn1Cc1ccccc1)N1CCN(c2cc(F)ccc2F)CC1.I. The summed E-state index contributed by atoms with van der Waals surface area (Å²) in [6, 6.07) is 13.8. The Morgan fingerprint density at radius 1 is 1.06 bits per heavy atom. The fourth-order valence-corrected chi connectivity index (χ4v) is 3.81. The molecule has 1 aliphatic heterocycles. The molecule has 0 amide bonds. The van der Waals surface area contributed by atoms with Crippen molar-refractivity contribution in [1.29, 1.82) is 0 Å². The molecule has 2 aromatic carbocycles. The van der Waals surface area contributed by atoms with E-state index in [9.17, 15) is 8.78 Å².